The van der Waals surface area contributed by atoms with Gasteiger partial charge in [-0.05, 0) is 33.3 Å². The summed E-state index contributed by atoms with van der Waals surface area (Å²) in [6.45, 7) is 9.43. The zero-order valence-electron chi connectivity index (χ0n) is 13.4. The molecular formula is C15H25N5O. The molecule has 116 valence electrons. The highest BCUT2D eigenvalue weighted by molar-refractivity contribution is 5.28. The van der Waals surface area contributed by atoms with Gasteiger partial charge in [-0.25, -0.2) is 4.98 Å². The van der Waals surface area contributed by atoms with Gasteiger partial charge in [-0.1, -0.05) is 0 Å². The first-order valence-electron chi connectivity index (χ1n) is 7.38. The smallest absolute Gasteiger partial charge is 0.203 e. The normalized spacial score (nSPS) is 11.0. The molecule has 0 fully saturated rings. The molecule has 0 radical (unpaired) electrons. The average molecular weight is 291 g/mol. The van der Waals surface area contributed by atoms with Crippen molar-refractivity contribution in [1.29, 1.82) is 0 Å². The van der Waals surface area contributed by atoms with Crippen LogP contribution in [0.1, 0.15) is 23.5 Å². The maximum atomic E-state index is 5.12. The van der Waals surface area contributed by atoms with Crippen LogP contribution in [0.2, 0.25) is 0 Å². The summed E-state index contributed by atoms with van der Waals surface area (Å²) in [5.74, 6) is 0.915. The monoisotopic (exact) mass is 291 g/mol. The molecule has 0 spiro atoms. The maximum absolute atomic E-state index is 5.12. The van der Waals surface area contributed by atoms with Crippen molar-refractivity contribution in [2.75, 3.05) is 25.6 Å². The fraction of sp³-hybridized carbons (Fsp3) is 0.600. The third kappa shape index (κ3) is 4.32. The number of hydrogen-bond donors (Lipinski definition) is 1. The largest absolute Gasteiger partial charge is 0.383 e. The Hall–Kier alpha value is -1.82. The summed E-state index contributed by atoms with van der Waals surface area (Å²) in [7, 11) is 1.71. The lowest BCUT2D eigenvalue weighted by molar-refractivity contribution is 0.187. The minimum absolute atomic E-state index is 0.691. The van der Waals surface area contributed by atoms with Crippen LogP contribution in [0.15, 0.2) is 12.3 Å². The number of ether oxygens (including phenoxy) is 1. The number of nitrogens with zero attached hydrogens (tertiary/aromatic N) is 4. The topological polar surface area (TPSA) is 56.9 Å². The Bertz CT molecular complexity index is 573. The van der Waals surface area contributed by atoms with Crippen LogP contribution in [0, 0.1) is 20.8 Å². The van der Waals surface area contributed by atoms with Gasteiger partial charge in [-0.15, -0.1) is 0 Å². The molecule has 0 aliphatic rings. The molecule has 6 nitrogen and oxygen atoms in total. The minimum Gasteiger partial charge on any atom is -0.383 e. The van der Waals surface area contributed by atoms with E-state index in [-0.39, 0.29) is 0 Å². The van der Waals surface area contributed by atoms with E-state index in [0.29, 0.717) is 6.61 Å². The van der Waals surface area contributed by atoms with Crippen molar-refractivity contribution in [1.82, 2.24) is 19.3 Å². The van der Waals surface area contributed by atoms with Crippen LogP contribution in [-0.2, 0) is 17.8 Å². The van der Waals surface area contributed by atoms with Gasteiger partial charge in [0, 0.05) is 38.6 Å². The molecule has 2 heterocycles. The molecule has 0 atom stereocenters. The van der Waals surface area contributed by atoms with Gasteiger partial charge in [0.15, 0.2) is 0 Å². The van der Waals surface area contributed by atoms with Crippen LogP contribution >= 0.6 is 0 Å². The van der Waals surface area contributed by atoms with E-state index in [0.717, 1.165) is 43.4 Å². The van der Waals surface area contributed by atoms with Crippen molar-refractivity contribution in [3.63, 3.8) is 0 Å². The van der Waals surface area contributed by atoms with Crippen LogP contribution in [0.25, 0.3) is 0 Å². The summed E-state index contributed by atoms with van der Waals surface area (Å²) >= 11 is 0. The summed E-state index contributed by atoms with van der Waals surface area (Å²) in [6.07, 6.45) is 3.06. The molecule has 0 unspecified atom stereocenters. The van der Waals surface area contributed by atoms with Crippen molar-refractivity contribution < 1.29 is 4.74 Å². The highest BCUT2D eigenvalue weighted by atomic mass is 16.5. The lowest BCUT2D eigenvalue weighted by Gasteiger charge is -2.09. The molecular weight excluding hydrogens is 266 g/mol. The van der Waals surface area contributed by atoms with Gasteiger partial charge in [-0.3, -0.25) is 4.68 Å². The minimum atomic E-state index is 0.691. The van der Waals surface area contributed by atoms with Gasteiger partial charge in [-0.2, -0.15) is 5.10 Å². The van der Waals surface area contributed by atoms with Crippen molar-refractivity contribution >= 4 is 5.95 Å². The van der Waals surface area contributed by atoms with Gasteiger partial charge in [0.05, 0.1) is 18.0 Å². The van der Waals surface area contributed by atoms with Crippen molar-refractivity contribution in [3.05, 3.63) is 29.3 Å². The molecule has 21 heavy (non-hydrogen) atoms. The molecule has 0 saturated heterocycles. The predicted octanol–water partition coefficient (Wildman–Crippen LogP) is 2.15. The molecule has 0 amide bonds. The van der Waals surface area contributed by atoms with Crippen LogP contribution in [0.5, 0.6) is 0 Å². The van der Waals surface area contributed by atoms with Crippen molar-refractivity contribution in [2.24, 2.45) is 0 Å². The zero-order valence-corrected chi connectivity index (χ0v) is 13.4. The van der Waals surface area contributed by atoms with Gasteiger partial charge in [0.25, 0.3) is 0 Å². The van der Waals surface area contributed by atoms with Crippen LogP contribution in [-0.4, -0.2) is 39.6 Å². The lowest BCUT2D eigenvalue weighted by atomic mass is 10.4. The quantitative estimate of drug-likeness (QED) is 0.757. The van der Waals surface area contributed by atoms with Gasteiger partial charge in [0.2, 0.25) is 5.95 Å². The number of imidazole rings is 1. The third-order valence-corrected chi connectivity index (χ3v) is 3.37. The summed E-state index contributed by atoms with van der Waals surface area (Å²) in [4.78, 5) is 4.50. The standard InChI is InChI=1S/C15H25N5O/c1-12-10-14(3)20(18-12)7-5-6-16-15-17-13(2)11-19(15)8-9-21-4/h10-11H,5-9H2,1-4H3,(H,16,17). The van der Waals surface area contributed by atoms with Crippen molar-refractivity contribution in [3.8, 4) is 0 Å². The first-order chi connectivity index (χ1) is 10.1. The Morgan fingerprint density at radius 1 is 1.19 bits per heavy atom. The van der Waals surface area contributed by atoms with E-state index in [9.17, 15) is 0 Å². The first-order valence-corrected chi connectivity index (χ1v) is 7.38. The van der Waals surface area contributed by atoms with Crippen LogP contribution < -0.4 is 5.32 Å². The Labute approximate surface area is 126 Å². The first kappa shape index (κ1) is 15.6. The molecule has 2 rings (SSSR count). The second kappa shape index (κ2) is 7.26. The van der Waals surface area contributed by atoms with Gasteiger partial charge < -0.3 is 14.6 Å². The van der Waals surface area contributed by atoms with E-state index in [2.05, 4.69) is 37.6 Å². The number of methoxy groups -OCH3 is 1. The fourth-order valence-corrected chi connectivity index (χ4v) is 2.38. The Balaban J connectivity index is 1.81. The number of aryl methyl sites for hydroxylation is 4. The van der Waals surface area contributed by atoms with E-state index >= 15 is 0 Å². The zero-order chi connectivity index (χ0) is 15.2. The molecule has 2 aromatic rings. The van der Waals surface area contributed by atoms with Gasteiger partial charge in [0.1, 0.15) is 0 Å². The Kier molecular flexibility index (Phi) is 5.38. The third-order valence-electron chi connectivity index (χ3n) is 3.37. The number of aromatic nitrogens is 4. The molecule has 0 bridgehead atoms. The lowest BCUT2D eigenvalue weighted by Crippen LogP contribution is -2.13. The SMILES string of the molecule is COCCn1cc(C)nc1NCCCn1nc(C)cc1C. The summed E-state index contributed by atoms with van der Waals surface area (Å²) in [5, 5.41) is 7.86. The number of hydrogen-bond acceptors (Lipinski definition) is 4. The molecule has 0 aliphatic heterocycles. The molecule has 0 aromatic carbocycles. The number of nitrogens with one attached hydrogen (secondary N) is 1. The van der Waals surface area contributed by atoms with E-state index < -0.39 is 0 Å². The highest BCUT2D eigenvalue weighted by Gasteiger charge is 2.05. The summed E-state index contributed by atoms with van der Waals surface area (Å²) in [5.41, 5.74) is 3.31. The van der Waals surface area contributed by atoms with E-state index in [4.69, 9.17) is 4.74 Å². The van der Waals surface area contributed by atoms with E-state index in [1.807, 2.05) is 20.0 Å². The second-order valence-corrected chi connectivity index (χ2v) is 5.32. The predicted molar refractivity (Wildman–Crippen MR) is 83.6 cm³/mol. The molecule has 6 heteroatoms. The van der Waals surface area contributed by atoms with Crippen LogP contribution in [0.3, 0.4) is 0 Å². The molecule has 0 saturated carbocycles. The highest BCUT2D eigenvalue weighted by Crippen LogP contribution is 2.09. The number of rotatable bonds is 8. The fourth-order valence-electron chi connectivity index (χ4n) is 2.38. The summed E-state index contributed by atoms with van der Waals surface area (Å²) < 4.78 is 9.28. The molecule has 1 N–H and O–H groups in total. The molecule has 2 aromatic heterocycles. The average Bonchev–Trinajstić information content (AvgIpc) is 2.94. The Morgan fingerprint density at radius 2 is 2.00 bits per heavy atom. The second-order valence-electron chi connectivity index (χ2n) is 5.32. The van der Waals surface area contributed by atoms with Gasteiger partial charge >= 0.3 is 0 Å². The van der Waals surface area contributed by atoms with E-state index in [1.54, 1.807) is 7.11 Å². The van der Waals surface area contributed by atoms with E-state index in [1.165, 1.54) is 5.69 Å². The van der Waals surface area contributed by atoms with Crippen molar-refractivity contribution in [2.45, 2.75) is 40.3 Å². The molecule has 0 aliphatic carbocycles. The Morgan fingerprint density at radius 3 is 2.67 bits per heavy atom. The summed E-state index contributed by atoms with van der Waals surface area (Å²) in [6, 6.07) is 2.11. The maximum Gasteiger partial charge on any atom is 0.203 e. The number of anilines is 1. The van der Waals surface area contributed by atoms with Crippen LogP contribution in [0.4, 0.5) is 5.95 Å².